The number of hydrogen-bond donors (Lipinski definition) is 1. The summed E-state index contributed by atoms with van der Waals surface area (Å²) in [5.41, 5.74) is 0.995. The van der Waals surface area contributed by atoms with Gasteiger partial charge in [0.05, 0.1) is 10.6 Å². The Hall–Kier alpha value is -2.38. The van der Waals surface area contributed by atoms with Gasteiger partial charge in [0.1, 0.15) is 0 Å². The molecule has 0 aromatic heterocycles. The van der Waals surface area contributed by atoms with Crippen LogP contribution < -0.4 is 9.62 Å². The summed E-state index contributed by atoms with van der Waals surface area (Å²) < 4.78 is 28.0. The molecule has 0 unspecified atom stereocenters. The molecule has 1 saturated carbocycles. The molecule has 0 bridgehead atoms. The number of likely N-dealkylation sites (tertiary alicyclic amines) is 1. The second kappa shape index (κ2) is 11.4. The molecule has 6 nitrogen and oxygen atoms in total. The molecule has 184 valence electrons. The number of sulfonamides is 1. The molecule has 1 N–H and O–H groups in total. The SMILES string of the molecule is CCN(c1ccccc1)S(=O)(=O)c1cccc(C(=O)NC2CCN(CC3CCCCC3)CC2)c1. The van der Waals surface area contributed by atoms with Gasteiger partial charge in [-0.3, -0.25) is 9.10 Å². The number of carbonyl (C=O) groups excluding carboxylic acids is 1. The quantitative estimate of drug-likeness (QED) is 0.592. The van der Waals surface area contributed by atoms with Crippen molar-refractivity contribution in [3.8, 4) is 0 Å². The summed E-state index contributed by atoms with van der Waals surface area (Å²) in [7, 11) is -3.77. The van der Waals surface area contributed by atoms with Crippen LogP contribution in [-0.4, -0.2) is 51.4 Å². The maximum atomic E-state index is 13.3. The number of carbonyl (C=O) groups is 1. The van der Waals surface area contributed by atoms with Crippen LogP contribution in [0.15, 0.2) is 59.5 Å². The van der Waals surface area contributed by atoms with Gasteiger partial charge in [0.2, 0.25) is 0 Å². The van der Waals surface area contributed by atoms with Gasteiger partial charge in [-0.2, -0.15) is 0 Å². The molecular weight excluding hydrogens is 446 g/mol. The highest BCUT2D eigenvalue weighted by Gasteiger charge is 2.26. The minimum absolute atomic E-state index is 0.131. The van der Waals surface area contributed by atoms with Gasteiger partial charge in [-0.05, 0) is 68.9 Å². The molecule has 0 spiro atoms. The topological polar surface area (TPSA) is 69.7 Å². The number of nitrogens with zero attached hydrogens (tertiary/aromatic N) is 2. The molecule has 1 aliphatic carbocycles. The Kier molecular flexibility index (Phi) is 8.27. The molecule has 7 heteroatoms. The van der Waals surface area contributed by atoms with Crippen molar-refractivity contribution in [1.82, 2.24) is 10.2 Å². The zero-order chi connectivity index (χ0) is 24.0. The van der Waals surface area contributed by atoms with Crippen molar-refractivity contribution in [3.05, 3.63) is 60.2 Å². The molecule has 4 rings (SSSR count). The smallest absolute Gasteiger partial charge is 0.264 e. The lowest BCUT2D eigenvalue weighted by atomic mass is 9.88. The summed E-state index contributed by atoms with van der Waals surface area (Å²) >= 11 is 0. The van der Waals surface area contributed by atoms with Gasteiger partial charge < -0.3 is 10.2 Å². The fourth-order valence-corrected chi connectivity index (χ4v) is 6.79. The molecule has 1 saturated heterocycles. The van der Waals surface area contributed by atoms with Gasteiger partial charge in [0.25, 0.3) is 15.9 Å². The van der Waals surface area contributed by atoms with Gasteiger partial charge in [-0.15, -0.1) is 0 Å². The van der Waals surface area contributed by atoms with Crippen molar-refractivity contribution >= 4 is 21.6 Å². The summed E-state index contributed by atoms with van der Waals surface area (Å²) in [4.78, 5) is 15.6. The number of benzene rings is 2. The predicted molar refractivity (Wildman–Crippen MR) is 137 cm³/mol. The molecule has 2 aromatic carbocycles. The number of nitrogens with one attached hydrogen (secondary N) is 1. The van der Waals surface area contributed by atoms with E-state index >= 15 is 0 Å². The Balaban J connectivity index is 1.36. The number of para-hydroxylation sites is 1. The minimum atomic E-state index is -3.77. The molecule has 1 amide bonds. The van der Waals surface area contributed by atoms with Gasteiger partial charge in [0, 0.05) is 37.8 Å². The third-order valence-electron chi connectivity index (χ3n) is 7.18. The third kappa shape index (κ3) is 5.99. The first-order chi connectivity index (χ1) is 16.5. The Morgan fingerprint density at radius 1 is 0.971 bits per heavy atom. The summed E-state index contributed by atoms with van der Waals surface area (Å²) in [6, 6.07) is 15.6. The molecular formula is C27H37N3O3S. The summed E-state index contributed by atoms with van der Waals surface area (Å²) in [6.45, 7) is 5.33. The molecule has 34 heavy (non-hydrogen) atoms. The first kappa shape index (κ1) is 24.7. The second-order valence-corrected chi connectivity index (χ2v) is 11.4. The second-order valence-electron chi connectivity index (χ2n) is 9.59. The number of hydrogen-bond acceptors (Lipinski definition) is 4. The highest BCUT2D eigenvalue weighted by atomic mass is 32.2. The van der Waals surface area contributed by atoms with Gasteiger partial charge in [-0.1, -0.05) is 43.5 Å². The summed E-state index contributed by atoms with van der Waals surface area (Å²) in [5, 5.41) is 3.14. The van der Waals surface area contributed by atoms with E-state index in [1.165, 1.54) is 49.0 Å². The van der Waals surface area contributed by atoms with Crippen LogP contribution in [0.2, 0.25) is 0 Å². The summed E-state index contributed by atoms with van der Waals surface area (Å²) in [5.74, 6) is 0.633. The van der Waals surface area contributed by atoms with Crippen molar-refractivity contribution in [2.75, 3.05) is 30.5 Å². The highest BCUT2D eigenvalue weighted by molar-refractivity contribution is 7.92. The van der Waals surface area contributed by atoms with E-state index in [9.17, 15) is 13.2 Å². The van der Waals surface area contributed by atoms with E-state index in [4.69, 9.17) is 0 Å². The van der Waals surface area contributed by atoms with Gasteiger partial charge in [0.15, 0.2) is 0 Å². The van der Waals surface area contributed by atoms with Crippen LogP contribution in [0.5, 0.6) is 0 Å². The van der Waals surface area contributed by atoms with E-state index in [0.29, 0.717) is 17.8 Å². The van der Waals surface area contributed by atoms with Crippen molar-refractivity contribution < 1.29 is 13.2 Å². The number of amides is 1. The first-order valence-corrected chi connectivity index (χ1v) is 14.1. The molecule has 1 heterocycles. The first-order valence-electron chi connectivity index (χ1n) is 12.7. The maximum Gasteiger partial charge on any atom is 0.264 e. The van der Waals surface area contributed by atoms with Crippen LogP contribution in [0, 0.1) is 5.92 Å². The Morgan fingerprint density at radius 2 is 1.68 bits per heavy atom. The van der Waals surface area contributed by atoms with Gasteiger partial charge >= 0.3 is 0 Å². The lowest BCUT2D eigenvalue weighted by molar-refractivity contribution is 0.0901. The summed E-state index contributed by atoms with van der Waals surface area (Å²) in [6.07, 6.45) is 8.71. The van der Waals surface area contributed by atoms with Crippen molar-refractivity contribution in [2.24, 2.45) is 5.92 Å². The lowest BCUT2D eigenvalue weighted by Crippen LogP contribution is -2.46. The van der Waals surface area contributed by atoms with Gasteiger partial charge in [-0.25, -0.2) is 8.42 Å². The molecule has 2 aromatic rings. The standard InChI is InChI=1S/C27H37N3O3S/c1-2-30(25-13-7-4-8-14-25)34(32,33)26-15-9-12-23(20-26)27(31)28-24-16-18-29(19-17-24)21-22-10-5-3-6-11-22/h4,7-9,12-15,20,22,24H,2-3,5-6,10-11,16-19,21H2,1H3,(H,28,31). The Morgan fingerprint density at radius 3 is 2.35 bits per heavy atom. The zero-order valence-electron chi connectivity index (χ0n) is 20.2. The Bertz CT molecular complexity index is 1040. The molecule has 2 aliphatic rings. The monoisotopic (exact) mass is 483 g/mol. The maximum absolute atomic E-state index is 13.3. The number of rotatable bonds is 8. The minimum Gasteiger partial charge on any atom is -0.349 e. The lowest BCUT2D eigenvalue weighted by Gasteiger charge is -2.35. The van der Waals surface area contributed by atoms with Crippen LogP contribution in [-0.2, 0) is 10.0 Å². The fraction of sp³-hybridized carbons (Fsp3) is 0.519. The normalized spacial score (nSPS) is 18.5. The predicted octanol–water partition coefficient (Wildman–Crippen LogP) is 4.68. The van der Waals surface area contributed by atoms with Crippen LogP contribution in [0.25, 0.3) is 0 Å². The van der Waals surface area contributed by atoms with Crippen LogP contribution in [0.4, 0.5) is 5.69 Å². The van der Waals surface area contributed by atoms with E-state index in [1.54, 1.807) is 30.3 Å². The van der Waals surface area contributed by atoms with Crippen molar-refractivity contribution in [1.29, 1.82) is 0 Å². The van der Waals surface area contributed by atoms with E-state index in [0.717, 1.165) is 31.8 Å². The average molecular weight is 484 g/mol. The highest BCUT2D eigenvalue weighted by Crippen LogP contribution is 2.26. The molecule has 0 atom stereocenters. The largest absolute Gasteiger partial charge is 0.349 e. The van der Waals surface area contributed by atoms with Crippen LogP contribution >= 0.6 is 0 Å². The number of anilines is 1. The van der Waals surface area contributed by atoms with E-state index in [-0.39, 0.29) is 16.8 Å². The zero-order valence-corrected chi connectivity index (χ0v) is 21.0. The van der Waals surface area contributed by atoms with E-state index in [1.807, 2.05) is 25.1 Å². The van der Waals surface area contributed by atoms with E-state index in [2.05, 4.69) is 10.2 Å². The Labute approximate surface area is 204 Å². The fourth-order valence-electron chi connectivity index (χ4n) is 5.27. The molecule has 1 aliphatic heterocycles. The molecule has 2 fully saturated rings. The van der Waals surface area contributed by atoms with Crippen LogP contribution in [0.1, 0.15) is 62.2 Å². The van der Waals surface area contributed by atoms with Crippen LogP contribution in [0.3, 0.4) is 0 Å². The number of piperidine rings is 1. The van der Waals surface area contributed by atoms with Crippen molar-refractivity contribution in [2.45, 2.75) is 62.8 Å². The average Bonchev–Trinajstić information content (AvgIpc) is 2.87. The third-order valence-corrected chi connectivity index (χ3v) is 9.08. The van der Waals surface area contributed by atoms with E-state index < -0.39 is 10.0 Å². The van der Waals surface area contributed by atoms with Crippen molar-refractivity contribution in [3.63, 3.8) is 0 Å². The molecule has 0 radical (unpaired) electrons.